The molecule has 6 aromatic rings. The Kier molecular flexibility index (Phi) is 36.9. The van der Waals surface area contributed by atoms with Crippen molar-refractivity contribution in [2.45, 2.75) is 221 Å². The maximum atomic E-state index is 15.7. The summed E-state index contributed by atoms with van der Waals surface area (Å²) in [6.07, 6.45) is 4.28. The van der Waals surface area contributed by atoms with E-state index < -0.39 is 222 Å². The van der Waals surface area contributed by atoms with Crippen LogP contribution < -0.4 is 75.7 Å². The van der Waals surface area contributed by atoms with Crippen molar-refractivity contribution in [2.24, 2.45) is 23.1 Å². The second-order valence-corrected chi connectivity index (χ2v) is 36.2. The van der Waals surface area contributed by atoms with E-state index in [0.29, 0.717) is 46.1 Å². The molecule has 133 heavy (non-hydrogen) atoms. The van der Waals surface area contributed by atoms with Crippen LogP contribution in [-0.4, -0.2) is 306 Å². The van der Waals surface area contributed by atoms with Crippen LogP contribution in [0, 0.1) is 11.3 Å². The average Bonchev–Trinajstić information content (AvgIpc) is 1.71. The van der Waals surface area contributed by atoms with Crippen LogP contribution in [0.3, 0.4) is 0 Å². The summed E-state index contributed by atoms with van der Waals surface area (Å²) in [7, 11) is 2.60. The number of aromatic nitrogens is 3. The molecule has 0 bridgehead atoms. The van der Waals surface area contributed by atoms with Crippen molar-refractivity contribution in [1.82, 2.24) is 97.9 Å². The molecule has 4 saturated heterocycles. The second-order valence-electron chi connectivity index (χ2n) is 34.3. The molecular formula is C89H121N23O19S2. The predicted molar refractivity (Wildman–Crippen MR) is 491 cm³/mol. The monoisotopic (exact) mass is 1880 g/mol. The number of phenolic OH excluding ortho intramolecular Hbond substituents is 1. The number of aromatic hydroxyl groups is 1. The molecule has 42 nitrogen and oxygen atoms in total. The SMILES string of the molecule is CCCCC1C(=O)N2CCCC2C(=O)NC(CCCNC(=N)N)C(=O)NC(C(=O)NCC(N)=O)CSCC(=O)NC(Cc2ccc(O)cc2)C(=O)N(C)C(C)C(=O)NC(CC(N)=O)C(=O)N2CCCC2C(=O)NC(Cc2cnc[nH]2)C(=O)NC(CC(C)C)C(=O)N2CCCC2C(=O)NC(Cc2c[nH]c3ccccc23)C(=O)NC(CO)C(=O)NC(Cc2csc3ccccc23)C(=O)N1C. The highest BCUT2D eigenvalue weighted by Gasteiger charge is 2.47. The molecule has 718 valence electrons. The van der Waals surface area contributed by atoms with E-state index in [1.165, 1.54) is 83.8 Å². The molecule has 10 rings (SSSR count). The first-order valence-electron chi connectivity index (χ1n) is 44.6. The largest absolute Gasteiger partial charge is 0.508 e. The van der Waals surface area contributed by atoms with Crippen LogP contribution >= 0.6 is 23.1 Å². The number of likely N-dealkylation sites (N-methyl/N-ethyl adjacent to an activating group) is 2. The van der Waals surface area contributed by atoms with E-state index in [-0.39, 0.29) is 128 Å². The van der Waals surface area contributed by atoms with Gasteiger partial charge in [0.15, 0.2) is 5.96 Å². The molecule has 14 unspecified atom stereocenters. The Morgan fingerprint density at radius 2 is 1.10 bits per heavy atom. The fourth-order valence-corrected chi connectivity index (χ4v) is 18.7. The minimum absolute atomic E-state index is 0.000485. The molecule has 4 aliphatic heterocycles. The lowest BCUT2D eigenvalue weighted by Crippen LogP contribution is -2.61. The highest BCUT2D eigenvalue weighted by molar-refractivity contribution is 8.00. The Hall–Kier alpha value is -13.3. The molecule has 22 N–H and O–H groups in total. The van der Waals surface area contributed by atoms with E-state index in [4.69, 9.17) is 22.6 Å². The summed E-state index contributed by atoms with van der Waals surface area (Å²) in [6.45, 7) is 4.86. The minimum atomic E-state index is -1.83. The van der Waals surface area contributed by atoms with Gasteiger partial charge in [-0.05, 0) is 129 Å². The molecular weight excluding hydrogens is 1760 g/mol. The Bertz CT molecular complexity index is 5210. The number of nitrogens with zero attached hydrogens (tertiary/aromatic N) is 6. The van der Waals surface area contributed by atoms with Gasteiger partial charge in [-0.1, -0.05) is 82.1 Å². The number of rotatable bonds is 23. The summed E-state index contributed by atoms with van der Waals surface area (Å²) in [6, 6.07) is -0.859. The van der Waals surface area contributed by atoms with Gasteiger partial charge >= 0.3 is 0 Å². The zero-order valence-electron chi connectivity index (χ0n) is 75.1. The third-order valence-electron chi connectivity index (χ3n) is 24.1. The maximum absolute atomic E-state index is 15.7. The van der Waals surface area contributed by atoms with E-state index >= 15 is 38.4 Å². The highest BCUT2D eigenvalue weighted by atomic mass is 32.2. The number of aromatic amines is 2. The molecule has 3 aromatic heterocycles. The van der Waals surface area contributed by atoms with Crippen molar-refractivity contribution in [3.05, 3.63) is 119 Å². The summed E-state index contributed by atoms with van der Waals surface area (Å²) in [4.78, 5) is 266. The second kappa shape index (κ2) is 48.2. The number of primary amides is 2. The fraction of sp³-hybridized carbons (Fsp3) is 0.517. The molecule has 4 aliphatic rings. The average molecular weight is 1880 g/mol. The number of imidazole rings is 1. The van der Waals surface area contributed by atoms with Gasteiger partial charge in [-0.15, -0.1) is 23.1 Å². The van der Waals surface area contributed by atoms with E-state index in [1.54, 1.807) is 50.4 Å². The maximum Gasteiger partial charge on any atom is 0.246 e. The lowest BCUT2D eigenvalue weighted by Gasteiger charge is -2.35. The van der Waals surface area contributed by atoms with Gasteiger partial charge in [0.1, 0.15) is 90.3 Å². The van der Waals surface area contributed by atoms with Gasteiger partial charge in [0.2, 0.25) is 100 Å². The number of guanidine groups is 1. The molecule has 0 aliphatic carbocycles. The Balaban J connectivity index is 1.00. The quantitative estimate of drug-likeness (QED) is 0.0184. The number of fused-ring (bicyclic) bond motifs is 5. The standard InChI is InChI=1S/C89H121N23O19S2/c1-7-8-21-70-88(131)112-33-16-24-69(112)81(124)100-58(20-13-30-95-89(92)93)77(120)107-66(76(119)97-42-73(91)116)45-132-46-74(117)99-62(35-50-26-28-54(114)29-27-50)84(127)108(5)49(4)75(118)103-64(39-72(90)115)87(130)111-32-15-23-68(111)83(126)102-60(38-53-41-94-47-98-53)79(122)104-61(34-48(2)3)86(129)110-31-14-22-67(110)82(125)101-59(36-51-40-96-57-19-11-9-17-55(51)57)78(121)106-65(43-113)80(123)105-63(85(128)109(70)6)37-52-44-133-71-25-12-10-18-56(52)71/h9-12,17-19,25-29,40-41,44,47-49,58-70,96,113-114H,7-8,13-16,20-24,30-39,42-43,45-46H2,1-6H3,(H2,90,115)(H2,91,116)(H,94,98)(H,97,119)(H,99,117)(H,100,124)(H,101,125)(H,102,126)(H,103,118)(H,104,122)(H,105,123)(H,106,121)(H,107,120)(H4,92,93,95). The van der Waals surface area contributed by atoms with Gasteiger partial charge in [0.25, 0.3) is 0 Å². The highest BCUT2D eigenvalue weighted by Crippen LogP contribution is 2.31. The van der Waals surface area contributed by atoms with Crippen LogP contribution in [-0.2, 0) is 107 Å². The van der Waals surface area contributed by atoms with E-state index in [1.807, 2.05) is 30.5 Å². The summed E-state index contributed by atoms with van der Waals surface area (Å²) < 4.78 is 0.830. The normalized spacial score (nSPS) is 24.8. The summed E-state index contributed by atoms with van der Waals surface area (Å²) >= 11 is 2.14. The number of carbonyl (C=O) groups excluding carboxylic acids is 17. The van der Waals surface area contributed by atoms with Gasteiger partial charge in [-0.25, -0.2) is 4.98 Å². The number of unbranched alkanes of at least 4 members (excludes halogenated alkanes) is 1. The third-order valence-corrected chi connectivity index (χ3v) is 26.1. The molecule has 17 amide bonds. The van der Waals surface area contributed by atoms with Crippen molar-refractivity contribution in [1.29, 1.82) is 5.41 Å². The first kappa shape index (κ1) is 102. The Morgan fingerprint density at radius 3 is 1.70 bits per heavy atom. The first-order valence-corrected chi connectivity index (χ1v) is 46.6. The number of aliphatic hydroxyl groups excluding tert-OH is 1. The number of amides is 17. The van der Waals surface area contributed by atoms with Gasteiger partial charge in [0, 0.05) is 105 Å². The lowest BCUT2D eigenvalue weighted by molar-refractivity contribution is -0.149. The number of nitrogens with one attached hydrogen (secondary N) is 14. The molecule has 0 spiro atoms. The van der Waals surface area contributed by atoms with E-state index in [9.17, 15) is 53.4 Å². The number of hydrogen-bond acceptors (Lipinski definition) is 23. The number of benzene rings is 3. The summed E-state index contributed by atoms with van der Waals surface area (Å²) in [5, 5.41) is 61.8. The van der Waals surface area contributed by atoms with Crippen molar-refractivity contribution >= 4 is 150 Å². The molecule has 7 heterocycles. The van der Waals surface area contributed by atoms with Crippen LogP contribution in [0.25, 0.3) is 21.0 Å². The molecule has 4 fully saturated rings. The van der Waals surface area contributed by atoms with Crippen molar-refractivity contribution < 1.29 is 91.7 Å². The number of carbonyl (C=O) groups is 17. The van der Waals surface area contributed by atoms with Crippen molar-refractivity contribution in [3.8, 4) is 5.75 Å². The van der Waals surface area contributed by atoms with E-state index in [2.05, 4.69) is 73.4 Å². The van der Waals surface area contributed by atoms with Crippen LogP contribution in [0.1, 0.15) is 134 Å². The number of para-hydroxylation sites is 1. The smallest absolute Gasteiger partial charge is 0.246 e. The zero-order chi connectivity index (χ0) is 96.4. The van der Waals surface area contributed by atoms with Crippen LogP contribution in [0.15, 0.2) is 96.9 Å². The zero-order valence-corrected chi connectivity index (χ0v) is 76.8. The van der Waals surface area contributed by atoms with Crippen molar-refractivity contribution in [2.75, 3.05) is 64.9 Å². The van der Waals surface area contributed by atoms with Gasteiger partial charge in [0.05, 0.1) is 31.7 Å². The molecule has 0 radical (unpaired) electrons. The van der Waals surface area contributed by atoms with Crippen molar-refractivity contribution in [3.63, 3.8) is 0 Å². The third kappa shape index (κ3) is 27.7. The number of H-pyrrole nitrogens is 2. The minimum Gasteiger partial charge on any atom is -0.508 e. The summed E-state index contributed by atoms with van der Waals surface area (Å²) in [5.74, 6) is -17.1. The molecule has 14 atom stereocenters. The molecule has 3 aromatic carbocycles. The Morgan fingerprint density at radius 1 is 0.556 bits per heavy atom. The van der Waals surface area contributed by atoms with Gasteiger partial charge in [-0.2, -0.15) is 0 Å². The van der Waals surface area contributed by atoms with Crippen LogP contribution in [0.2, 0.25) is 0 Å². The number of hydrogen-bond donors (Lipinski definition) is 19. The summed E-state index contributed by atoms with van der Waals surface area (Å²) in [5.41, 5.74) is 19.3. The first-order chi connectivity index (χ1) is 63.5. The Labute approximate surface area is 776 Å². The number of thioether (sulfide) groups is 1. The molecule has 0 saturated carbocycles. The van der Waals surface area contributed by atoms with Gasteiger partial charge in [-0.3, -0.25) is 86.9 Å². The van der Waals surface area contributed by atoms with Crippen LogP contribution in [0.5, 0.6) is 5.75 Å². The lowest BCUT2D eigenvalue weighted by atomic mass is 10.0. The predicted octanol–water partition coefficient (Wildman–Crippen LogP) is -2.19. The number of aliphatic hydroxyl groups is 1. The van der Waals surface area contributed by atoms with Gasteiger partial charge < -0.3 is 120 Å². The number of phenols is 1. The van der Waals surface area contributed by atoms with Crippen LogP contribution in [0.4, 0.5) is 0 Å². The number of thiophene rings is 1. The topological polar surface area (TPSA) is 626 Å². The number of nitrogens with two attached hydrogens (primary N) is 3. The molecule has 44 heteroatoms. The fourth-order valence-electron chi connectivity index (χ4n) is 16.9. The van der Waals surface area contributed by atoms with E-state index in [0.717, 1.165) is 31.6 Å².